The van der Waals surface area contributed by atoms with E-state index in [1.807, 2.05) is 18.2 Å². The SMILES string of the molecule is Oc1ccc(C(NC2CCC2)c2ccccc2)cc1. The molecule has 0 aliphatic heterocycles. The largest absolute Gasteiger partial charge is 0.508 e. The van der Waals surface area contributed by atoms with Gasteiger partial charge in [-0.25, -0.2) is 0 Å². The van der Waals surface area contributed by atoms with Crippen molar-refractivity contribution < 1.29 is 5.11 Å². The van der Waals surface area contributed by atoms with Gasteiger partial charge in [-0.3, -0.25) is 0 Å². The molecule has 0 radical (unpaired) electrons. The lowest BCUT2D eigenvalue weighted by atomic mass is 9.90. The van der Waals surface area contributed by atoms with Gasteiger partial charge in [0.25, 0.3) is 0 Å². The van der Waals surface area contributed by atoms with Gasteiger partial charge in [-0.1, -0.05) is 48.9 Å². The lowest BCUT2D eigenvalue weighted by Crippen LogP contribution is -2.38. The zero-order chi connectivity index (χ0) is 13.1. The molecule has 98 valence electrons. The van der Waals surface area contributed by atoms with Crippen LogP contribution in [-0.4, -0.2) is 11.1 Å². The molecule has 2 aromatic rings. The predicted molar refractivity (Wildman–Crippen MR) is 77.2 cm³/mol. The molecule has 19 heavy (non-hydrogen) atoms. The number of hydrogen-bond acceptors (Lipinski definition) is 2. The second-order valence-electron chi connectivity index (χ2n) is 5.23. The van der Waals surface area contributed by atoms with Crippen LogP contribution in [0.1, 0.15) is 36.4 Å². The van der Waals surface area contributed by atoms with E-state index in [1.54, 1.807) is 12.1 Å². The van der Waals surface area contributed by atoms with Gasteiger partial charge in [-0.15, -0.1) is 0 Å². The van der Waals surface area contributed by atoms with E-state index in [0.29, 0.717) is 11.8 Å². The fourth-order valence-corrected chi connectivity index (χ4v) is 2.51. The third-order valence-electron chi connectivity index (χ3n) is 3.87. The van der Waals surface area contributed by atoms with E-state index in [1.165, 1.54) is 30.4 Å². The summed E-state index contributed by atoms with van der Waals surface area (Å²) in [5.74, 6) is 0.319. The number of hydrogen-bond donors (Lipinski definition) is 2. The normalized spacial score (nSPS) is 16.8. The van der Waals surface area contributed by atoms with Gasteiger partial charge in [0.1, 0.15) is 5.75 Å². The summed E-state index contributed by atoms with van der Waals surface area (Å²) in [6, 6.07) is 18.9. The highest BCUT2D eigenvalue weighted by Gasteiger charge is 2.23. The van der Waals surface area contributed by atoms with Crippen LogP contribution in [0.25, 0.3) is 0 Å². The van der Waals surface area contributed by atoms with E-state index >= 15 is 0 Å². The Morgan fingerprint density at radius 2 is 1.53 bits per heavy atom. The van der Waals surface area contributed by atoms with Crippen molar-refractivity contribution in [3.05, 3.63) is 65.7 Å². The number of aromatic hydroxyl groups is 1. The smallest absolute Gasteiger partial charge is 0.115 e. The van der Waals surface area contributed by atoms with Crippen LogP contribution >= 0.6 is 0 Å². The Kier molecular flexibility index (Phi) is 3.51. The van der Waals surface area contributed by atoms with Crippen molar-refractivity contribution in [2.45, 2.75) is 31.3 Å². The van der Waals surface area contributed by atoms with Crippen LogP contribution < -0.4 is 5.32 Å². The van der Waals surface area contributed by atoms with E-state index in [0.717, 1.165) is 0 Å². The molecule has 2 heteroatoms. The molecule has 1 fully saturated rings. The summed E-state index contributed by atoms with van der Waals surface area (Å²) >= 11 is 0. The Bertz CT molecular complexity index is 517. The second kappa shape index (κ2) is 5.45. The van der Waals surface area contributed by atoms with Crippen molar-refractivity contribution in [1.29, 1.82) is 0 Å². The van der Waals surface area contributed by atoms with E-state index in [2.05, 4.69) is 29.6 Å². The minimum atomic E-state index is 0.215. The summed E-state index contributed by atoms with van der Waals surface area (Å²) in [5.41, 5.74) is 2.48. The molecule has 1 saturated carbocycles. The maximum absolute atomic E-state index is 9.43. The quantitative estimate of drug-likeness (QED) is 0.872. The Morgan fingerprint density at radius 1 is 0.895 bits per heavy atom. The molecule has 2 nitrogen and oxygen atoms in total. The van der Waals surface area contributed by atoms with Gasteiger partial charge >= 0.3 is 0 Å². The van der Waals surface area contributed by atoms with Crippen LogP contribution in [0.4, 0.5) is 0 Å². The Balaban J connectivity index is 1.88. The van der Waals surface area contributed by atoms with Crippen molar-refractivity contribution in [2.75, 3.05) is 0 Å². The highest BCUT2D eigenvalue weighted by molar-refractivity contribution is 5.35. The molecule has 1 aliphatic rings. The van der Waals surface area contributed by atoms with Gasteiger partial charge in [-0.05, 0) is 36.1 Å². The molecule has 0 bridgehead atoms. The van der Waals surface area contributed by atoms with Crippen LogP contribution in [0.5, 0.6) is 5.75 Å². The van der Waals surface area contributed by atoms with Crippen LogP contribution in [-0.2, 0) is 0 Å². The fourth-order valence-electron chi connectivity index (χ4n) is 2.51. The molecule has 0 heterocycles. The van der Waals surface area contributed by atoms with Crippen LogP contribution in [0, 0.1) is 0 Å². The van der Waals surface area contributed by atoms with Crippen molar-refractivity contribution in [3.8, 4) is 5.75 Å². The zero-order valence-corrected chi connectivity index (χ0v) is 10.9. The first-order valence-electron chi connectivity index (χ1n) is 6.93. The maximum Gasteiger partial charge on any atom is 0.115 e. The first-order valence-corrected chi connectivity index (χ1v) is 6.93. The number of nitrogens with one attached hydrogen (secondary N) is 1. The molecule has 3 rings (SSSR count). The van der Waals surface area contributed by atoms with Gasteiger partial charge < -0.3 is 10.4 Å². The average Bonchev–Trinajstić information content (AvgIpc) is 2.40. The molecule has 2 N–H and O–H groups in total. The molecule has 1 unspecified atom stereocenters. The van der Waals surface area contributed by atoms with Crippen LogP contribution in [0.15, 0.2) is 54.6 Å². The molecule has 0 saturated heterocycles. The molecule has 1 atom stereocenters. The molecular weight excluding hydrogens is 234 g/mol. The van der Waals surface area contributed by atoms with Crippen molar-refractivity contribution >= 4 is 0 Å². The summed E-state index contributed by atoms with van der Waals surface area (Å²) in [6.07, 6.45) is 3.86. The van der Waals surface area contributed by atoms with E-state index in [-0.39, 0.29) is 6.04 Å². The molecule has 1 aliphatic carbocycles. The monoisotopic (exact) mass is 253 g/mol. The highest BCUT2D eigenvalue weighted by Crippen LogP contribution is 2.28. The van der Waals surface area contributed by atoms with Gasteiger partial charge in [0, 0.05) is 6.04 Å². The summed E-state index contributed by atoms with van der Waals surface area (Å²) in [5, 5.41) is 13.2. The zero-order valence-electron chi connectivity index (χ0n) is 10.9. The number of benzene rings is 2. The van der Waals surface area contributed by atoms with Crippen LogP contribution in [0.2, 0.25) is 0 Å². The van der Waals surface area contributed by atoms with E-state index in [9.17, 15) is 5.11 Å². The molecule has 2 aromatic carbocycles. The summed E-state index contributed by atoms with van der Waals surface area (Å²) in [7, 11) is 0. The van der Waals surface area contributed by atoms with E-state index in [4.69, 9.17) is 0 Å². The van der Waals surface area contributed by atoms with Crippen LogP contribution in [0.3, 0.4) is 0 Å². The third kappa shape index (κ3) is 2.79. The van der Waals surface area contributed by atoms with Crippen molar-refractivity contribution in [3.63, 3.8) is 0 Å². The maximum atomic E-state index is 9.43. The van der Waals surface area contributed by atoms with Crippen molar-refractivity contribution in [1.82, 2.24) is 5.32 Å². The summed E-state index contributed by atoms with van der Waals surface area (Å²) in [4.78, 5) is 0. The molecule has 0 aromatic heterocycles. The number of rotatable bonds is 4. The minimum absolute atomic E-state index is 0.215. The first kappa shape index (κ1) is 12.2. The molecular formula is C17H19NO. The van der Waals surface area contributed by atoms with Gasteiger partial charge in [-0.2, -0.15) is 0 Å². The average molecular weight is 253 g/mol. The summed E-state index contributed by atoms with van der Waals surface area (Å²) in [6.45, 7) is 0. The lowest BCUT2D eigenvalue weighted by Gasteiger charge is -2.32. The minimum Gasteiger partial charge on any atom is -0.508 e. The Morgan fingerprint density at radius 3 is 2.11 bits per heavy atom. The standard InChI is InChI=1S/C17H19NO/c19-16-11-9-14(10-12-16)17(18-15-7-4-8-15)13-5-2-1-3-6-13/h1-3,5-6,9-12,15,17-19H,4,7-8H2. The fraction of sp³-hybridized carbons (Fsp3) is 0.294. The number of phenols is 1. The topological polar surface area (TPSA) is 32.3 Å². The summed E-state index contributed by atoms with van der Waals surface area (Å²) < 4.78 is 0. The van der Waals surface area contributed by atoms with Gasteiger partial charge in [0.15, 0.2) is 0 Å². The number of phenolic OH excluding ortho intramolecular Hbond substituents is 1. The van der Waals surface area contributed by atoms with Gasteiger partial charge in [0.2, 0.25) is 0 Å². The molecule has 0 spiro atoms. The highest BCUT2D eigenvalue weighted by atomic mass is 16.3. The third-order valence-corrected chi connectivity index (χ3v) is 3.87. The first-order chi connectivity index (χ1) is 9.33. The van der Waals surface area contributed by atoms with E-state index < -0.39 is 0 Å². The Labute approximate surface area is 114 Å². The second-order valence-corrected chi connectivity index (χ2v) is 5.23. The van der Waals surface area contributed by atoms with Crippen molar-refractivity contribution in [2.24, 2.45) is 0 Å². The predicted octanol–water partition coefficient (Wildman–Crippen LogP) is 3.62. The Hall–Kier alpha value is -1.80. The molecule has 0 amide bonds. The van der Waals surface area contributed by atoms with Gasteiger partial charge in [0.05, 0.1) is 6.04 Å². The lowest BCUT2D eigenvalue weighted by molar-refractivity contribution is 0.320.